The van der Waals surface area contributed by atoms with Crippen LogP contribution in [0.25, 0.3) is 10.8 Å². The average molecular weight is 526 g/mol. The summed E-state index contributed by atoms with van der Waals surface area (Å²) in [6.45, 7) is 5.04. The summed E-state index contributed by atoms with van der Waals surface area (Å²) in [6, 6.07) is 33.5. The predicted molar refractivity (Wildman–Crippen MR) is 156 cm³/mol. The van der Waals surface area contributed by atoms with Gasteiger partial charge < -0.3 is 24.3 Å². The molecule has 1 N–H and O–H groups in total. The van der Waals surface area contributed by atoms with E-state index in [0.29, 0.717) is 33.0 Å². The molecule has 1 aliphatic heterocycles. The second-order valence-corrected chi connectivity index (χ2v) is 10.1. The molecule has 4 aromatic rings. The van der Waals surface area contributed by atoms with Gasteiger partial charge >= 0.3 is 0 Å². The van der Waals surface area contributed by atoms with Gasteiger partial charge in [0.1, 0.15) is 5.75 Å². The number of hydrogen-bond acceptors (Lipinski definition) is 5. The Morgan fingerprint density at radius 3 is 2.31 bits per heavy atom. The number of piperidine rings is 1. The Morgan fingerprint density at radius 1 is 0.641 bits per heavy atom. The van der Waals surface area contributed by atoms with Crippen LogP contribution in [0, 0.1) is 0 Å². The summed E-state index contributed by atoms with van der Waals surface area (Å²) in [5, 5.41) is 5.96. The Kier molecular flexibility index (Phi) is 10.4. The summed E-state index contributed by atoms with van der Waals surface area (Å²) in [5.41, 5.74) is 3.64. The SMILES string of the molecule is c1ccc(COCCCOc2ccc(CCO[C@H]3CCNC[C@H]3OCc3ccc4ccccc4c3)cc2)cc1. The fourth-order valence-corrected chi connectivity index (χ4v) is 4.89. The van der Waals surface area contributed by atoms with E-state index in [-0.39, 0.29) is 12.2 Å². The topological polar surface area (TPSA) is 49.0 Å². The Balaban J connectivity index is 0.988. The maximum atomic E-state index is 6.32. The molecule has 0 saturated carbocycles. The van der Waals surface area contributed by atoms with Crippen molar-refractivity contribution in [3.05, 3.63) is 114 Å². The van der Waals surface area contributed by atoms with Gasteiger partial charge in [0.2, 0.25) is 0 Å². The molecule has 5 nitrogen and oxygen atoms in total. The Bertz CT molecular complexity index is 1260. The van der Waals surface area contributed by atoms with Crippen LogP contribution in [-0.2, 0) is 33.8 Å². The van der Waals surface area contributed by atoms with Crippen molar-refractivity contribution in [2.24, 2.45) is 0 Å². The lowest BCUT2D eigenvalue weighted by molar-refractivity contribution is -0.0904. The fraction of sp³-hybridized carbons (Fsp3) is 0.353. The van der Waals surface area contributed by atoms with Gasteiger partial charge in [0.25, 0.3) is 0 Å². The minimum atomic E-state index is 0.0534. The predicted octanol–water partition coefficient (Wildman–Crippen LogP) is 6.33. The van der Waals surface area contributed by atoms with E-state index < -0.39 is 0 Å². The number of rotatable bonds is 14. The zero-order chi connectivity index (χ0) is 26.5. The quantitative estimate of drug-likeness (QED) is 0.195. The van der Waals surface area contributed by atoms with Crippen LogP contribution in [0.15, 0.2) is 97.1 Å². The Hall–Kier alpha value is -3.22. The average Bonchev–Trinajstić information content (AvgIpc) is 2.99. The molecule has 204 valence electrons. The zero-order valence-electron chi connectivity index (χ0n) is 22.6. The van der Waals surface area contributed by atoms with Crippen LogP contribution >= 0.6 is 0 Å². The largest absolute Gasteiger partial charge is 0.494 e. The molecule has 1 fully saturated rings. The van der Waals surface area contributed by atoms with Gasteiger partial charge in [-0.1, -0.05) is 78.9 Å². The molecule has 0 radical (unpaired) electrons. The fourth-order valence-electron chi connectivity index (χ4n) is 4.89. The van der Waals surface area contributed by atoms with Crippen molar-refractivity contribution < 1.29 is 18.9 Å². The minimum Gasteiger partial charge on any atom is -0.494 e. The van der Waals surface area contributed by atoms with Crippen LogP contribution in [-0.4, -0.2) is 45.1 Å². The summed E-state index contributed by atoms with van der Waals surface area (Å²) in [5.74, 6) is 0.892. The van der Waals surface area contributed by atoms with Crippen LogP contribution in [0.4, 0.5) is 0 Å². The van der Waals surface area contributed by atoms with E-state index in [9.17, 15) is 0 Å². The van der Waals surface area contributed by atoms with Crippen molar-refractivity contribution in [2.75, 3.05) is 32.9 Å². The normalized spacial score (nSPS) is 17.3. The van der Waals surface area contributed by atoms with Crippen LogP contribution in [0.2, 0.25) is 0 Å². The lowest BCUT2D eigenvalue weighted by atomic mass is 10.1. The molecular formula is C34H39NO4. The molecule has 39 heavy (non-hydrogen) atoms. The molecule has 0 amide bonds. The van der Waals surface area contributed by atoms with Crippen molar-refractivity contribution in [2.45, 2.75) is 44.7 Å². The molecule has 4 aromatic carbocycles. The van der Waals surface area contributed by atoms with Gasteiger partial charge in [0, 0.05) is 13.0 Å². The molecule has 0 unspecified atom stereocenters. The van der Waals surface area contributed by atoms with Gasteiger partial charge in [-0.25, -0.2) is 0 Å². The van der Waals surface area contributed by atoms with Crippen molar-refractivity contribution in [1.29, 1.82) is 0 Å². The van der Waals surface area contributed by atoms with Crippen LogP contribution in [0.1, 0.15) is 29.5 Å². The zero-order valence-corrected chi connectivity index (χ0v) is 22.6. The van der Waals surface area contributed by atoms with E-state index in [2.05, 4.69) is 72.0 Å². The summed E-state index contributed by atoms with van der Waals surface area (Å²) in [7, 11) is 0. The third-order valence-corrected chi connectivity index (χ3v) is 7.10. The number of fused-ring (bicyclic) bond motifs is 1. The molecule has 0 spiro atoms. The maximum Gasteiger partial charge on any atom is 0.119 e. The first-order valence-corrected chi connectivity index (χ1v) is 14.1. The number of nitrogens with one attached hydrogen (secondary N) is 1. The van der Waals surface area contributed by atoms with Gasteiger partial charge in [-0.05, 0) is 65.0 Å². The monoisotopic (exact) mass is 525 g/mol. The second-order valence-electron chi connectivity index (χ2n) is 10.1. The van der Waals surface area contributed by atoms with E-state index in [1.807, 2.05) is 30.3 Å². The summed E-state index contributed by atoms with van der Waals surface area (Å²) >= 11 is 0. The molecule has 0 aromatic heterocycles. The molecule has 5 rings (SSSR count). The molecule has 5 heteroatoms. The highest BCUT2D eigenvalue weighted by Gasteiger charge is 2.26. The highest BCUT2D eigenvalue weighted by molar-refractivity contribution is 5.82. The molecular weight excluding hydrogens is 486 g/mol. The van der Waals surface area contributed by atoms with Crippen molar-refractivity contribution in [1.82, 2.24) is 5.32 Å². The molecule has 2 atom stereocenters. The molecule has 0 aliphatic carbocycles. The first kappa shape index (κ1) is 27.4. The van der Waals surface area contributed by atoms with Gasteiger partial charge in [-0.3, -0.25) is 0 Å². The molecule has 1 saturated heterocycles. The lowest BCUT2D eigenvalue weighted by Gasteiger charge is -2.32. The van der Waals surface area contributed by atoms with Gasteiger partial charge in [-0.2, -0.15) is 0 Å². The third kappa shape index (κ3) is 8.64. The number of ether oxygens (including phenoxy) is 4. The second kappa shape index (κ2) is 14.8. The smallest absolute Gasteiger partial charge is 0.119 e. The van der Waals surface area contributed by atoms with E-state index in [1.54, 1.807) is 0 Å². The van der Waals surface area contributed by atoms with Crippen molar-refractivity contribution in [3.8, 4) is 5.75 Å². The number of hydrogen-bond donors (Lipinski definition) is 1. The van der Waals surface area contributed by atoms with Crippen LogP contribution in [0.5, 0.6) is 5.75 Å². The minimum absolute atomic E-state index is 0.0534. The highest BCUT2D eigenvalue weighted by Crippen LogP contribution is 2.19. The van der Waals surface area contributed by atoms with Crippen LogP contribution in [0.3, 0.4) is 0 Å². The van der Waals surface area contributed by atoms with Crippen molar-refractivity contribution in [3.63, 3.8) is 0 Å². The third-order valence-electron chi connectivity index (χ3n) is 7.10. The summed E-state index contributed by atoms with van der Waals surface area (Å²) in [4.78, 5) is 0. The first-order valence-electron chi connectivity index (χ1n) is 14.1. The Morgan fingerprint density at radius 2 is 1.44 bits per heavy atom. The molecule has 1 aliphatic rings. The summed E-state index contributed by atoms with van der Waals surface area (Å²) < 4.78 is 24.2. The van der Waals surface area contributed by atoms with E-state index in [0.717, 1.165) is 38.1 Å². The number of benzene rings is 4. The van der Waals surface area contributed by atoms with Gasteiger partial charge in [0.05, 0.1) is 45.2 Å². The van der Waals surface area contributed by atoms with E-state index >= 15 is 0 Å². The molecule has 0 bridgehead atoms. The van der Waals surface area contributed by atoms with E-state index in [1.165, 1.54) is 27.5 Å². The lowest BCUT2D eigenvalue weighted by Crippen LogP contribution is -2.47. The standard InChI is InChI=1S/C34H39NO4/c1-2-7-28(8-3-1)25-36-20-6-21-37-32-15-12-27(13-16-32)18-22-38-33-17-19-35-24-34(33)39-26-29-11-14-30-9-4-5-10-31(30)23-29/h1-5,7-16,23,33-35H,6,17-22,24-26H2/t33-,34+/m0/s1. The summed E-state index contributed by atoms with van der Waals surface area (Å²) in [6.07, 6.45) is 2.86. The van der Waals surface area contributed by atoms with Gasteiger partial charge in [-0.15, -0.1) is 0 Å². The Labute approximate surface area is 232 Å². The van der Waals surface area contributed by atoms with E-state index in [4.69, 9.17) is 18.9 Å². The first-order chi connectivity index (χ1) is 19.3. The molecule has 1 heterocycles. The maximum absolute atomic E-state index is 6.32. The van der Waals surface area contributed by atoms with Gasteiger partial charge in [0.15, 0.2) is 0 Å². The highest BCUT2D eigenvalue weighted by atomic mass is 16.5. The van der Waals surface area contributed by atoms with Crippen LogP contribution < -0.4 is 10.1 Å². The van der Waals surface area contributed by atoms with Crippen molar-refractivity contribution >= 4 is 10.8 Å².